The van der Waals surface area contributed by atoms with Crippen molar-refractivity contribution in [2.75, 3.05) is 5.73 Å². The number of carbonyl (C=O) groups excluding carboxylic acids is 2. The summed E-state index contributed by atoms with van der Waals surface area (Å²) >= 11 is 0. The van der Waals surface area contributed by atoms with Crippen molar-refractivity contribution >= 4 is 23.3 Å². The minimum Gasteiger partial charge on any atom is -0.390 e. The fourth-order valence-electron chi connectivity index (χ4n) is 5.69. The number of hydrogen-bond donors (Lipinski definition) is 3. The van der Waals surface area contributed by atoms with Crippen LogP contribution in [0.15, 0.2) is 24.4 Å². The van der Waals surface area contributed by atoms with Gasteiger partial charge < -0.3 is 21.1 Å². The highest BCUT2D eigenvalue weighted by Crippen LogP contribution is 2.40. The van der Waals surface area contributed by atoms with E-state index < -0.39 is 5.60 Å². The first-order chi connectivity index (χ1) is 16.6. The maximum Gasteiger partial charge on any atom is 0.259 e. The molecule has 2 amide bonds. The molecule has 35 heavy (non-hydrogen) atoms. The Morgan fingerprint density at radius 1 is 1.31 bits per heavy atom. The van der Waals surface area contributed by atoms with Gasteiger partial charge in [-0.3, -0.25) is 9.59 Å². The van der Waals surface area contributed by atoms with Crippen molar-refractivity contribution in [3.63, 3.8) is 0 Å². The molecule has 3 aromatic rings. The molecular formula is C26H30N6O3. The lowest BCUT2D eigenvalue weighted by atomic mass is 9.77. The molecule has 2 aliphatic carbocycles. The molecule has 4 N–H and O–H groups in total. The number of anilines is 1. The summed E-state index contributed by atoms with van der Waals surface area (Å²) < 4.78 is 1.51. The Morgan fingerprint density at radius 3 is 2.74 bits per heavy atom. The Kier molecular flexibility index (Phi) is 4.73. The van der Waals surface area contributed by atoms with Crippen LogP contribution in [0, 0.1) is 12.8 Å². The number of benzene rings is 1. The zero-order valence-corrected chi connectivity index (χ0v) is 20.2. The smallest absolute Gasteiger partial charge is 0.259 e. The number of aryl methyl sites for hydroxylation is 1. The van der Waals surface area contributed by atoms with Crippen molar-refractivity contribution in [1.29, 1.82) is 0 Å². The summed E-state index contributed by atoms with van der Waals surface area (Å²) in [6.07, 6.45) is 5.13. The van der Waals surface area contributed by atoms with Gasteiger partial charge in [0.05, 0.1) is 11.3 Å². The van der Waals surface area contributed by atoms with Crippen LogP contribution in [0.5, 0.6) is 0 Å². The molecule has 0 bridgehead atoms. The summed E-state index contributed by atoms with van der Waals surface area (Å²) in [4.78, 5) is 32.9. The summed E-state index contributed by atoms with van der Waals surface area (Å²) in [6.45, 7) is 6.48. The zero-order chi connectivity index (χ0) is 24.6. The van der Waals surface area contributed by atoms with Crippen LogP contribution in [0.4, 0.5) is 5.82 Å². The van der Waals surface area contributed by atoms with E-state index in [1.165, 1.54) is 17.4 Å². The van der Waals surface area contributed by atoms with Gasteiger partial charge in [-0.05, 0) is 81.7 Å². The molecule has 3 aliphatic rings. The Morgan fingerprint density at radius 2 is 2.06 bits per heavy atom. The lowest BCUT2D eigenvalue weighted by Crippen LogP contribution is -2.53. The molecule has 0 saturated heterocycles. The molecule has 6 rings (SSSR count). The molecule has 2 fully saturated rings. The molecular weight excluding hydrogens is 444 g/mol. The van der Waals surface area contributed by atoms with Crippen molar-refractivity contribution in [1.82, 2.24) is 24.8 Å². The predicted molar refractivity (Wildman–Crippen MR) is 131 cm³/mol. The largest absolute Gasteiger partial charge is 0.390 e. The van der Waals surface area contributed by atoms with Gasteiger partial charge in [-0.25, -0.2) is 9.50 Å². The summed E-state index contributed by atoms with van der Waals surface area (Å²) in [6, 6.07) is 6.01. The highest BCUT2D eigenvalue weighted by molar-refractivity contribution is 6.04. The van der Waals surface area contributed by atoms with Crippen LogP contribution in [0.2, 0.25) is 0 Å². The molecule has 0 unspecified atom stereocenters. The summed E-state index contributed by atoms with van der Waals surface area (Å²) in [5.41, 5.74) is 10.3. The minimum atomic E-state index is -0.741. The first-order valence-corrected chi connectivity index (χ1v) is 12.2. The number of fused-ring (bicyclic) bond motifs is 2. The molecule has 9 heteroatoms. The second kappa shape index (κ2) is 7.52. The lowest BCUT2D eigenvalue weighted by Gasteiger charge is -2.41. The van der Waals surface area contributed by atoms with Crippen LogP contribution in [-0.4, -0.2) is 54.1 Å². The van der Waals surface area contributed by atoms with Crippen LogP contribution in [-0.2, 0) is 6.54 Å². The van der Waals surface area contributed by atoms with E-state index in [0.717, 1.165) is 22.3 Å². The van der Waals surface area contributed by atoms with Gasteiger partial charge in [-0.2, -0.15) is 0 Å². The Balaban J connectivity index is 1.32. The molecule has 182 valence electrons. The van der Waals surface area contributed by atoms with E-state index in [2.05, 4.69) is 17.3 Å². The van der Waals surface area contributed by atoms with Gasteiger partial charge >= 0.3 is 0 Å². The van der Waals surface area contributed by atoms with Gasteiger partial charge in [0, 0.05) is 36.0 Å². The number of nitrogen functional groups attached to an aromatic ring is 1. The fraction of sp³-hybridized carbons (Fsp3) is 0.462. The lowest BCUT2D eigenvalue weighted by molar-refractivity contribution is -0.0366. The summed E-state index contributed by atoms with van der Waals surface area (Å²) in [5.74, 6) is 0.492. The fourth-order valence-corrected chi connectivity index (χ4v) is 5.69. The first-order valence-electron chi connectivity index (χ1n) is 12.2. The van der Waals surface area contributed by atoms with Gasteiger partial charge in [-0.1, -0.05) is 0 Å². The topological polar surface area (TPSA) is 126 Å². The molecule has 0 spiro atoms. The first kappa shape index (κ1) is 22.0. The maximum atomic E-state index is 13.1. The molecule has 3 heterocycles. The van der Waals surface area contributed by atoms with Gasteiger partial charge in [0.1, 0.15) is 5.56 Å². The Labute approximate surface area is 203 Å². The zero-order valence-electron chi connectivity index (χ0n) is 20.2. The van der Waals surface area contributed by atoms with E-state index in [-0.39, 0.29) is 35.3 Å². The normalized spacial score (nSPS) is 24.4. The van der Waals surface area contributed by atoms with Gasteiger partial charge in [0.25, 0.3) is 11.8 Å². The average molecular weight is 475 g/mol. The molecule has 2 aromatic heterocycles. The van der Waals surface area contributed by atoms with Crippen molar-refractivity contribution in [3.8, 4) is 11.3 Å². The van der Waals surface area contributed by atoms with E-state index in [1.807, 2.05) is 30.0 Å². The quantitative estimate of drug-likeness (QED) is 0.522. The van der Waals surface area contributed by atoms with Crippen LogP contribution in [0.25, 0.3) is 16.9 Å². The maximum absolute atomic E-state index is 13.1. The molecule has 1 atom stereocenters. The number of carbonyl (C=O) groups is 2. The second-order valence-electron chi connectivity index (χ2n) is 10.8. The highest BCUT2D eigenvalue weighted by Gasteiger charge is 2.40. The van der Waals surface area contributed by atoms with Crippen molar-refractivity contribution in [2.45, 2.75) is 70.7 Å². The number of hydrogen-bond acceptors (Lipinski definition) is 6. The number of amides is 2. The van der Waals surface area contributed by atoms with Crippen LogP contribution in [0.3, 0.4) is 0 Å². The van der Waals surface area contributed by atoms with E-state index >= 15 is 0 Å². The predicted octanol–water partition coefficient (Wildman–Crippen LogP) is 2.68. The van der Waals surface area contributed by atoms with E-state index in [0.29, 0.717) is 36.6 Å². The summed E-state index contributed by atoms with van der Waals surface area (Å²) in [5, 5.41) is 17.2. The van der Waals surface area contributed by atoms with Crippen molar-refractivity contribution < 1.29 is 14.7 Å². The number of nitrogens with two attached hydrogens (primary N) is 1. The number of rotatable bonds is 5. The third kappa shape index (κ3) is 3.65. The Bertz CT molecular complexity index is 1380. The minimum absolute atomic E-state index is 0.104. The number of aromatic nitrogens is 3. The highest BCUT2D eigenvalue weighted by atomic mass is 16.3. The Hall–Kier alpha value is -3.46. The van der Waals surface area contributed by atoms with E-state index in [1.54, 1.807) is 13.1 Å². The van der Waals surface area contributed by atoms with Crippen molar-refractivity contribution in [3.05, 3.63) is 46.6 Å². The summed E-state index contributed by atoms with van der Waals surface area (Å²) in [7, 11) is 0. The molecule has 9 nitrogen and oxygen atoms in total. The monoisotopic (exact) mass is 474 g/mol. The molecule has 2 saturated carbocycles. The number of nitrogens with one attached hydrogen (secondary N) is 1. The van der Waals surface area contributed by atoms with Gasteiger partial charge in [-0.15, -0.1) is 5.10 Å². The third-order valence-corrected chi connectivity index (χ3v) is 7.77. The average Bonchev–Trinajstić information content (AvgIpc) is 3.49. The molecule has 0 radical (unpaired) electrons. The number of nitrogens with zero attached hydrogens (tertiary/aromatic N) is 4. The van der Waals surface area contributed by atoms with Gasteiger partial charge in [0.15, 0.2) is 11.5 Å². The third-order valence-electron chi connectivity index (χ3n) is 7.77. The van der Waals surface area contributed by atoms with E-state index in [9.17, 15) is 14.7 Å². The van der Waals surface area contributed by atoms with Gasteiger partial charge in [0.2, 0.25) is 0 Å². The second-order valence-corrected chi connectivity index (χ2v) is 10.8. The molecule has 1 aromatic carbocycles. The van der Waals surface area contributed by atoms with Crippen molar-refractivity contribution in [2.24, 2.45) is 5.92 Å². The van der Waals surface area contributed by atoms with Crippen LogP contribution >= 0.6 is 0 Å². The SMILES string of the molecule is Cc1cc(-c2ccn3nc(N)c(C(=O)NC4CC(C)(O)C4)c3n2)cc2c1C(=O)N([C@@H](C)C1CC1)C2. The standard InChI is InChI=1S/C26H30N6O3/c1-13-8-16(9-17-12-31(25(34)20(13)17)14(2)15-4-5-15)19-6-7-32-23(29-19)21(22(27)30-32)24(33)28-18-10-26(3,35)11-18/h6-9,14-15,18,35H,4-5,10-12H2,1-3H3,(H2,27,30)(H,28,33)/t14-,18?,26?/m0/s1. The molecule has 1 aliphatic heterocycles. The number of aliphatic hydroxyl groups is 1. The van der Waals surface area contributed by atoms with Crippen LogP contribution < -0.4 is 11.1 Å². The van der Waals surface area contributed by atoms with E-state index in [4.69, 9.17) is 10.7 Å². The van der Waals surface area contributed by atoms with Crippen LogP contribution in [0.1, 0.15) is 71.4 Å².